The maximum absolute atomic E-state index is 3.31. The van der Waals surface area contributed by atoms with Crippen LogP contribution in [-0.4, -0.2) is 62.2 Å². The third kappa shape index (κ3) is 4.81. The van der Waals surface area contributed by atoms with Crippen molar-refractivity contribution in [1.82, 2.24) is 15.1 Å². The Hall–Kier alpha value is -0.120. The van der Waals surface area contributed by atoms with Gasteiger partial charge in [0.1, 0.15) is 0 Å². The van der Waals surface area contributed by atoms with Crippen molar-refractivity contribution in [1.29, 1.82) is 0 Å². The van der Waals surface area contributed by atoms with Crippen LogP contribution in [-0.2, 0) is 0 Å². The summed E-state index contributed by atoms with van der Waals surface area (Å²) in [5.41, 5.74) is 0. The molecule has 0 amide bonds. The van der Waals surface area contributed by atoms with Crippen LogP contribution in [0.25, 0.3) is 0 Å². The van der Waals surface area contributed by atoms with E-state index >= 15 is 0 Å². The average molecular weight is 227 g/mol. The summed E-state index contributed by atoms with van der Waals surface area (Å²) in [4.78, 5) is 5.08. The highest BCUT2D eigenvalue weighted by Crippen LogP contribution is 2.08. The molecule has 96 valence electrons. The van der Waals surface area contributed by atoms with Crippen LogP contribution >= 0.6 is 0 Å². The molecular weight excluding hydrogens is 198 g/mol. The molecule has 0 saturated carbocycles. The number of hydrogen-bond donors (Lipinski definition) is 1. The Kier molecular flexibility index (Phi) is 6.32. The SMILES string of the molecule is CNC(C)CC(C)N(C)CCN1CCCC1. The van der Waals surface area contributed by atoms with Crippen LogP contribution in [0.4, 0.5) is 0 Å². The number of rotatable bonds is 7. The van der Waals surface area contributed by atoms with E-state index in [0.29, 0.717) is 12.1 Å². The molecule has 1 aliphatic rings. The van der Waals surface area contributed by atoms with Gasteiger partial charge in [-0.2, -0.15) is 0 Å². The normalized spacial score (nSPS) is 21.6. The molecule has 1 rings (SSSR count). The van der Waals surface area contributed by atoms with Gasteiger partial charge < -0.3 is 15.1 Å². The van der Waals surface area contributed by atoms with Crippen molar-refractivity contribution < 1.29 is 0 Å². The molecule has 0 spiro atoms. The topological polar surface area (TPSA) is 18.5 Å². The predicted octanol–water partition coefficient (Wildman–Crippen LogP) is 1.40. The van der Waals surface area contributed by atoms with Crippen molar-refractivity contribution in [3.8, 4) is 0 Å². The molecule has 3 heteroatoms. The van der Waals surface area contributed by atoms with E-state index < -0.39 is 0 Å². The molecule has 0 aliphatic carbocycles. The van der Waals surface area contributed by atoms with Gasteiger partial charge in [0.05, 0.1) is 0 Å². The average Bonchev–Trinajstić information content (AvgIpc) is 2.78. The number of nitrogens with zero attached hydrogens (tertiary/aromatic N) is 2. The van der Waals surface area contributed by atoms with E-state index in [-0.39, 0.29) is 0 Å². The lowest BCUT2D eigenvalue weighted by molar-refractivity contribution is 0.199. The van der Waals surface area contributed by atoms with Gasteiger partial charge in [-0.05, 0) is 60.3 Å². The molecule has 3 nitrogen and oxygen atoms in total. The highest BCUT2D eigenvalue weighted by molar-refractivity contribution is 4.72. The van der Waals surface area contributed by atoms with Crippen molar-refractivity contribution in [3.05, 3.63) is 0 Å². The Morgan fingerprint density at radius 2 is 1.88 bits per heavy atom. The van der Waals surface area contributed by atoms with Crippen molar-refractivity contribution in [2.45, 2.75) is 45.2 Å². The lowest BCUT2D eigenvalue weighted by atomic mass is 10.1. The predicted molar refractivity (Wildman–Crippen MR) is 70.9 cm³/mol. The van der Waals surface area contributed by atoms with Crippen LogP contribution in [0.2, 0.25) is 0 Å². The fraction of sp³-hybridized carbons (Fsp3) is 1.00. The molecule has 0 aromatic carbocycles. The van der Waals surface area contributed by atoms with Gasteiger partial charge in [-0.15, -0.1) is 0 Å². The van der Waals surface area contributed by atoms with Gasteiger partial charge in [-0.1, -0.05) is 0 Å². The molecule has 2 atom stereocenters. The van der Waals surface area contributed by atoms with E-state index in [2.05, 4.69) is 36.0 Å². The van der Waals surface area contributed by atoms with E-state index in [0.717, 1.165) is 0 Å². The molecule has 1 heterocycles. The monoisotopic (exact) mass is 227 g/mol. The first-order valence-corrected chi connectivity index (χ1v) is 6.73. The summed E-state index contributed by atoms with van der Waals surface area (Å²) in [6, 6.07) is 1.29. The van der Waals surface area contributed by atoms with Crippen LogP contribution in [0.15, 0.2) is 0 Å². The van der Waals surface area contributed by atoms with E-state index in [1.165, 1.54) is 45.4 Å². The van der Waals surface area contributed by atoms with Crippen molar-refractivity contribution in [2.75, 3.05) is 40.3 Å². The summed E-state index contributed by atoms with van der Waals surface area (Å²) >= 11 is 0. The fourth-order valence-corrected chi connectivity index (χ4v) is 2.34. The van der Waals surface area contributed by atoms with E-state index in [1.54, 1.807) is 0 Å². The zero-order valence-electron chi connectivity index (χ0n) is 11.5. The smallest absolute Gasteiger partial charge is 0.0109 e. The van der Waals surface area contributed by atoms with Crippen LogP contribution < -0.4 is 5.32 Å². The maximum Gasteiger partial charge on any atom is 0.0109 e. The zero-order valence-corrected chi connectivity index (χ0v) is 11.5. The van der Waals surface area contributed by atoms with Gasteiger partial charge >= 0.3 is 0 Å². The molecule has 0 aromatic heterocycles. The standard InChI is InChI=1S/C13H29N3/c1-12(14-3)11-13(2)15(4)9-10-16-7-5-6-8-16/h12-14H,5-11H2,1-4H3. The summed E-state index contributed by atoms with van der Waals surface area (Å²) in [7, 11) is 4.30. The zero-order chi connectivity index (χ0) is 12.0. The minimum Gasteiger partial charge on any atom is -0.317 e. The number of likely N-dealkylation sites (tertiary alicyclic amines) is 1. The second-order valence-electron chi connectivity index (χ2n) is 5.30. The lowest BCUT2D eigenvalue weighted by Gasteiger charge is -2.28. The Bertz CT molecular complexity index is 178. The maximum atomic E-state index is 3.31. The summed E-state index contributed by atoms with van der Waals surface area (Å²) in [6.45, 7) is 9.67. The molecule has 1 aliphatic heterocycles. The van der Waals surface area contributed by atoms with Crippen molar-refractivity contribution in [3.63, 3.8) is 0 Å². The van der Waals surface area contributed by atoms with Gasteiger partial charge in [0.15, 0.2) is 0 Å². The second kappa shape index (κ2) is 7.25. The highest BCUT2D eigenvalue weighted by atomic mass is 15.2. The third-order valence-corrected chi connectivity index (χ3v) is 3.91. The third-order valence-electron chi connectivity index (χ3n) is 3.91. The first-order valence-electron chi connectivity index (χ1n) is 6.73. The van der Waals surface area contributed by atoms with E-state index in [9.17, 15) is 0 Å². The molecule has 0 radical (unpaired) electrons. The Balaban J connectivity index is 2.14. The largest absolute Gasteiger partial charge is 0.317 e. The highest BCUT2D eigenvalue weighted by Gasteiger charge is 2.15. The molecule has 0 aromatic rings. The molecule has 2 unspecified atom stereocenters. The minimum atomic E-state index is 0.615. The summed E-state index contributed by atoms with van der Waals surface area (Å²) in [5.74, 6) is 0. The second-order valence-corrected chi connectivity index (χ2v) is 5.30. The molecule has 1 N–H and O–H groups in total. The van der Waals surface area contributed by atoms with E-state index in [4.69, 9.17) is 0 Å². The summed E-state index contributed by atoms with van der Waals surface area (Å²) < 4.78 is 0. The molecular formula is C13H29N3. The summed E-state index contributed by atoms with van der Waals surface area (Å²) in [6.07, 6.45) is 4.03. The number of nitrogens with one attached hydrogen (secondary N) is 1. The number of hydrogen-bond acceptors (Lipinski definition) is 3. The Labute approximate surface area is 101 Å². The molecule has 1 fully saturated rings. The van der Waals surface area contributed by atoms with Crippen LogP contribution in [0.3, 0.4) is 0 Å². The van der Waals surface area contributed by atoms with Gasteiger partial charge in [0.2, 0.25) is 0 Å². The van der Waals surface area contributed by atoms with Gasteiger partial charge in [-0.3, -0.25) is 0 Å². The van der Waals surface area contributed by atoms with Gasteiger partial charge in [0, 0.05) is 25.2 Å². The lowest BCUT2D eigenvalue weighted by Crippen LogP contribution is -2.39. The quantitative estimate of drug-likeness (QED) is 0.709. The van der Waals surface area contributed by atoms with Crippen molar-refractivity contribution >= 4 is 0 Å². The van der Waals surface area contributed by atoms with Gasteiger partial charge in [-0.25, -0.2) is 0 Å². The summed E-state index contributed by atoms with van der Waals surface area (Å²) in [5, 5.41) is 3.31. The van der Waals surface area contributed by atoms with Crippen LogP contribution in [0.5, 0.6) is 0 Å². The molecule has 16 heavy (non-hydrogen) atoms. The first-order chi connectivity index (χ1) is 7.63. The molecule has 0 bridgehead atoms. The number of likely N-dealkylation sites (N-methyl/N-ethyl adjacent to an activating group) is 1. The van der Waals surface area contributed by atoms with Gasteiger partial charge in [0.25, 0.3) is 0 Å². The fourth-order valence-electron chi connectivity index (χ4n) is 2.34. The van der Waals surface area contributed by atoms with Crippen LogP contribution in [0, 0.1) is 0 Å². The Morgan fingerprint density at radius 1 is 1.25 bits per heavy atom. The Morgan fingerprint density at radius 3 is 2.44 bits per heavy atom. The minimum absolute atomic E-state index is 0.615. The van der Waals surface area contributed by atoms with Crippen LogP contribution in [0.1, 0.15) is 33.1 Å². The molecule has 1 saturated heterocycles. The van der Waals surface area contributed by atoms with E-state index in [1.807, 2.05) is 7.05 Å². The van der Waals surface area contributed by atoms with Crippen molar-refractivity contribution in [2.24, 2.45) is 0 Å². The first kappa shape index (κ1) is 13.9.